The van der Waals surface area contributed by atoms with E-state index in [-0.39, 0.29) is 5.91 Å². The van der Waals surface area contributed by atoms with Gasteiger partial charge in [0.15, 0.2) is 0 Å². The van der Waals surface area contributed by atoms with Crippen molar-refractivity contribution in [2.45, 2.75) is 32.6 Å². The van der Waals surface area contributed by atoms with Crippen molar-refractivity contribution in [2.24, 2.45) is 5.10 Å². The van der Waals surface area contributed by atoms with Crippen LogP contribution in [0.15, 0.2) is 29.4 Å². The molecule has 0 unspecified atom stereocenters. The van der Waals surface area contributed by atoms with Crippen LogP contribution in [0.5, 0.6) is 0 Å². The van der Waals surface area contributed by atoms with Gasteiger partial charge in [-0.2, -0.15) is 5.10 Å². The quantitative estimate of drug-likeness (QED) is 0.353. The Labute approximate surface area is 140 Å². The molecule has 0 atom stereocenters. The molecule has 0 aliphatic carbocycles. The molecule has 23 heavy (non-hydrogen) atoms. The highest BCUT2D eigenvalue weighted by atomic mass is 35.5. The lowest BCUT2D eigenvalue weighted by Crippen LogP contribution is -2.50. The van der Waals surface area contributed by atoms with E-state index in [1.54, 1.807) is 0 Å². The molecule has 1 amide bonds. The molecular weight excluding hydrogens is 312 g/mol. The van der Waals surface area contributed by atoms with E-state index in [4.69, 9.17) is 11.6 Å². The molecule has 4 N–H and O–H groups in total. The number of nitrogens with zero attached hydrogens (tertiary/aromatic N) is 2. The van der Waals surface area contributed by atoms with Crippen LogP contribution in [0.25, 0.3) is 10.9 Å². The number of aromatic nitrogens is 1. The van der Waals surface area contributed by atoms with Gasteiger partial charge >= 0.3 is 0 Å². The lowest BCUT2D eigenvalue weighted by Gasteiger charge is -2.03. The van der Waals surface area contributed by atoms with Gasteiger partial charge in [0.05, 0.1) is 18.3 Å². The summed E-state index contributed by atoms with van der Waals surface area (Å²) in [5.74, 6) is -0.0918. The maximum atomic E-state index is 11.6. The Morgan fingerprint density at radius 1 is 1.35 bits per heavy atom. The van der Waals surface area contributed by atoms with E-state index in [0.717, 1.165) is 42.3 Å². The largest absolute Gasteiger partial charge is 0.358 e. The van der Waals surface area contributed by atoms with Gasteiger partial charge in [-0.1, -0.05) is 23.7 Å². The van der Waals surface area contributed by atoms with Crippen LogP contribution in [-0.4, -0.2) is 23.7 Å². The molecule has 5 nitrogen and oxygen atoms in total. The molecule has 0 bridgehead atoms. The average molecular weight is 334 g/mol. The Bertz CT molecular complexity index is 715. The van der Waals surface area contributed by atoms with E-state index >= 15 is 0 Å². The first-order valence-electron chi connectivity index (χ1n) is 7.78. The molecule has 6 heteroatoms. The predicted molar refractivity (Wildman–Crippen MR) is 93.4 cm³/mol. The number of carbonyl (C=O) groups is 1. The third kappa shape index (κ3) is 5.30. The summed E-state index contributed by atoms with van der Waals surface area (Å²) >= 11 is 6.17. The Morgan fingerprint density at radius 2 is 2.17 bits per heavy atom. The van der Waals surface area contributed by atoms with Crippen LogP contribution in [0.1, 0.15) is 36.8 Å². The standard InChI is InChI=1S/C17H21ClN4O/c1-12-6-7-13-10-14(17(18)21-15(13)9-12)11-20-22-16(23)5-3-2-4-8-19/h6-7,9-11H,2-5,8,19H2,1H3,(H,22,23)/p+1. The molecule has 2 aromatic rings. The molecule has 1 heterocycles. The SMILES string of the molecule is Cc1ccc2cc(C=NNC(=O)CCCCC[NH3+])c(Cl)nc2c1. The van der Waals surface area contributed by atoms with Crippen molar-refractivity contribution in [2.75, 3.05) is 6.54 Å². The van der Waals surface area contributed by atoms with Crippen molar-refractivity contribution in [3.8, 4) is 0 Å². The summed E-state index contributed by atoms with van der Waals surface area (Å²) in [7, 11) is 0. The number of nitrogens with one attached hydrogen (secondary N) is 1. The maximum absolute atomic E-state index is 11.6. The van der Waals surface area contributed by atoms with Crippen molar-refractivity contribution >= 4 is 34.6 Å². The van der Waals surface area contributed by atoms with Crippen molar-refractivity contribution in [1.29, 1.82) is 0 Å². The summed E-state index contributed by atoms with van der Waals surface area (Å²) < 4.78 is 0. The van der Waals surface area contributed by atoms with E-state index in [1.807, 2.05) is 31.2 Å². The van der Waals surface area contributed by atoms with E-state index in [2.05, 4.69) is 21.2 Å². The van der Waals surface area contributed by atoms with Crippen molar-refractivity contribution in [3.05, 3.63) is 40.5 Å². The van der Waals surface area contributed by atoms with Crippen LogP contribution < -0.4 is 11.2 Å². The number of aryl methyl sites for hydroxylation is 1. The zero-order valence-corrected chi connectivity index (χ0v) is 14.1. The highest BCUT2D eigenvalue weighted by Crippen LogP contribution is 2.20. The van der Waals surface area contributed by atoms with Gasteiger partial charge < -0.3 is 5.73 Å². The molecule has 2 rings (SSSR count). The first-order valence-corrected chi connectivity index (χ1v) is 8.16. The number of carbonyl (C=O) groups excluding carboxylic acids is 1. The van der Waals surface area contributed by atoms with Crippen molar-refractivity contribution < 1.29 is 10.5 Å². The number of rotatable bonds is 7. The van der Waals surface area contributed by atoms with E-state index in [1.165, 1.54) is 6.21 Å². The van der Waals surface area contributed by atoms with E-state index in [9.17, 15) is 4.79 Å². The number of quaternary nitrogens is 1. The molecule has 0 saturated heterocycles. The lowest BCUT2D eigenvalue weighted by molar-refractivity contribution is -0.368. The van der Waals surface area contributed by atoms with Gasteiger partial charge in [-0.3, -0.25) is 4.79 Å². The molecule has 122 valence electrons. The minimum absolute atomic E-state index is 0.0918. The van der Waals surface area contributed by atoms with E-state index < -0.39 is 0 Å². The van der Waals surface area contributed by atoms with Crippen molar-refractivity contribution in [3.63, 3.8) is 0 Å². The summed E-state index contributed by atoms with van der Waals surface area (Å²) in [6, 6.07) is 7.91. The number of amides is 1. The Hall–Kier alpha value is -1.98. The van der Waals surface area contributed by atoms with Gasteiger partial charge in [0.2, 0.25) is 5.91 Å². The van der Waals surface area contributed by atoms with Crippen molar-refractivity contribution in [1.82, 2.24) is 10.4 Å². The number of pyridine rings is 1. The molecular formula is C17H22ClN4O+. The zero-order chi connectivity index (χ0) is 16.7. The van der Waals surface area contributed by atoms with Gasteiger partial charge in [-0.05, 0) is 43.9 Å². The fourth-order valence-corrected chi connectivity index (χ4v) is 2.42. The second-order valence-corrected chi connectivity index (χ2v) is 5.88. The van der Waals surface area contributed by atoms with Crippen LogP contribution in [0.3, 0.4) is 0 Å². The second kappa shape index (κ2) is 8.60. The fourth-order valence-electron chi connectivity index (χ4n) is 2.23. The number of unbranched alkanes of at least 4 members (excludes halogenated alkanes) is 2. The van der Waals surface area contributed by atoms with Crippen LogP contribution in [-0.2, 0) is 4.79 Å². The predicted octanol–water partition coefficient (Wildman–Crippen LogP) is 2.45. The van der Waals surface area contributed by atoms with Crippen LogP contribution >= 0.6 is 11.6 Å². The molecule has 1 aromatic heterocycles. The highest BCUT2D eigenvalue weighted by molar-refractivity contribution is 6.32. The topological polar surface area (TPSA) is 82.0 Å². The molecule has 1 aromatic carbocycles. The van der Waals surface area contributed by atoms with Gasteiger partial charge in [0.1, 0.15) is 5.15 Å². The first kappa shape index (κ1) is 17.4. The van der Waals surface area contributed by atoms with Gasteiger partial charge in [0, 0.05) is 17.4 Å². The summed E-state index contributed by atoms with van der Waals surface area (Å²) in [5.41, 5.74) is 8.96. The average Bonchev–Trinajstić information content (AvgIpc) is 2.52. The second-order valence-electron chi connectivity index (χ2n) is 5.52. The number of benzene rings is 1. The van der Waals surface area contributed by atoms with Gasteiger partial charge in [-0.15, -0.1) is 0 Å². The van der Waals surface area contributed by atoms with Crippen LogP contribution in [0, 0.1) is 6.92 Å². The number of hydrogen-bond donors (Lipinski definition) is 2. The molecule has 0 saturated carbocycles. The molecule has 0 aliphatic heterocycles. The summed E-state index contributed by atoms with van der Waals surface area (Å²) in [4.78, 5) is 16.0. The minimum Gasteiger partial charge on any atom is -0.358 e. The maximum Gasteiger partial charge on any atom is 0.240 e. The summed E-state index contributed by atoms with van der Waals surface area (Å²) in [6.45, 7) is 2.92. The Morgan fingerprint density at radius 3 is 2.96 bits per heavy atom. The monoisotopic (exact) mass is 333 g/mol. The zero-order valence-electron chi connectivity index (χ0n) is 13.3. The van der Waals surface area contributed by atoms with Crippen LogP contribution in [0.4, 0.5) is 0 Å². The number of hydrogen-bond acceptors (Lipinski definition) is 3. The number of fused-ring (bicyclic) bond motifs is 1. The Kier molecular flexibility index (Phi) is 6.50. The molecule has 0 spiro atoms. The summed E-state index contributed by atoms with van der Waals surface area (Å²) in [6.07, 6.45) is 4.92. The molecule has 0 fully saturated rings. The number of halogens is 1. The summed E-state index contributed by atoms with van der Waals surface area (Å²) in [5, 5.41) is 5.32. The smallest absolute Gasteiger partial charge is 0.240 e. The third-order valence-corrected chi connectivity index (χ3v) is 3.80. The van der Waals surface area contributed by atoms with Gasteiger partial charge in [-0.25, -0.2) is 10.4 Å². The fraction of sp³-hybridized carbons (Fsp3) is 0.353. The minimum atomic E-state index is -0.0918. The number of hydrazone groups is 1. The van der Waals surface area contributed by atoms with Gasteiger partial charge in [0.25, 0.3) is 0 Å². The highest BCUT2D eigenvalue weighted by Gasteiger charge is 2.04. The lowest BCUT2D eigenvalue weighted by atomic mass is 10.1. The molecule has 0 radical (unpaired) electrons. The third-order valence-electron chi connectivity index (χ3n) is 3.50. The van der Waals surface area contributed by atoms with E-state index in [0.29, 0.717) is 17.1 Å². The normalized spacial score (nSPS) is 11.3. The van der Waals surface area contributed by atoms with Crippen LogP contribution in [0.2, 0.25) is 5.15 Å². The molecule has 0 aliphatic rings. The Balaban J connectivity index is 1.96. The first-order chi connectivity index (χ1) is 11.1.